The maximum absolute atomic E-state index is 12.0. The molecule has 1 fully saturated rings. The van der Waals surface area contributed by atoms with Crippen LogP contribution in [0.25, 0.3) is 0 Å². The first kappa shape index (κ1) is 14.6. The minimum absolute atomic E-state index is 0.000519. The van der Waals surface area contributed by atoms with E-state index in [-0.39, 0.29) is 17.9 Å². The molecule has 0 aliphatic carbocycles. The monoisotopic (exact) mass is 301 g/mol. The Morgan fingerprint density at radius 2 is 2.16 bits per heavy atom. The van der Waals surface area contributed by atoms with Crippen LogP contribution in [0.15, 0.2) is 18.2 Å². The molecule has 1 atom stereocenters. The molecular formula is C14H17Cl2NO2. The van der Waals surface area contributed by atoms with Crippen LogP contribution in [0.1, 0.15) is 25.5 Å². The van der Waals surface area contributed by atoms with Crippen molar-refractivity contribution in [3.8, 4) is 0 Å². The van der Waals surface area contributed by atoms with Gasteiger partial charge in [0.05, 0.1) is 13.2 Å². The predicted molar refractivity (Wildman–Crippen MR) is 76.6 cm³/mol. The van der Waals surface area contributed by atoms with E-state index in [2.05, 4.69) is 0 Å². The lowest BCUT2D eigenvalue weighted by molar-refractivity contribution is -0.142. The van der Waals surface area contributed by atoms with E-state index in [9.17, 15) is 4.79 Å². The summed E-state index contributed by atoms with van der Waals surface area (Å²) in [7, 11) is 0. The van der Waals surface area contributed by atoms with Crippen molar-refractivity contribution in [2.24, 2.45) is 5.92 Å². The van der Waals surface area contributed by atoms with Crippen LogP contribution in [0.3, 0.4) is 0 Å². The standard InChI is InChI=1S/C14H17Cl2NO2/c1-9(2)14(18)17-5-6-19-13(8-17)11-4-3-10(15)7-12(11)16/h3-4,7,9,13H,5-6,8H2,1-2H3. The fraction of sp³-hybridized carbons (Fsp3) is 0.500. The molecule has 0 bridgehead atoms. The number of amides is 1. The van der Waals surface area contributed by atoms with E-state index in [0.29, 0.717) is 29.7 Å². The van der Waals surface area contributed by atoms with Gasteiger partial charge in [0.1, 0.15) is 6.10 Å². The van der Waals surface area contributed by atoms with Crippen LogP contribution in [-0.2, 0) is 9.53 Å². The summed E-state index contributed by atoms with van der Waals surface area (Å²) in [6, 6.07) is 5.35. The molecule has 1 amide bonds. The number of ether oxygens (including phenoxy) is 1. The Morgan fingerprint density at radius 3 is 2.79 bits per heavy atom. The third-order valence-electron chi connectivity index (χ3n) is 3.18. The molecule has 0 aromatic heterocycles. The molecule has 0 saturated carbocycles. The van der Waals surface area contributed by atoms with E-state index in [1.54, 1.807) is 12.1 Å². The van der Waals surface area contributed by atoms with E-state index < -0.39 is 0 Å². The number of hydrogen-bond donors (Lipinski definition) is 0. The van der Waals surface area contributed by atoms with Gasteiger partial charge in [-0.3, -0.25) is 4.79 Å². The van der Waals surface area contributed by atoms with Gasteiger partial charge in [0.2, 0.25) is 5.91 Å². The molecule has 1 aliphatic rings. The van der Waals surface area contributed by atoms with Gasteiger partial charge >= 0.3 is 0 Å². The van der Waals surface area contributed by atoms with Gasteiger partial charge in [0, 0.05) is 28.1 Å². The molecule has 0 radical (unpaired) electrons. The second-order valence-electron chi connectivity index (χ2n) is 4.96. The molecular weight excluding hydrogens is 285 g/mol. The first-order valence-corrected chi connectivity index (χ1v) is 7.10. The van der Waals surface area contributed by atoms with Crippen LogP contribution < -0.4 is 0 Å². The van der Waals surface area contributed by atoms with Gasteiger partial charge in [0.25, 0.3) is 0 Å². The third kappa shape index (κ3) is 3.41. The van der Waals surface area contributed by atoms with E-state index in [0.717, 1.165) is 5.56 Å². The lowest BCUT2D eigenvalue weighted by Gasteiger charge is -2.34. The number of halogens is 2. The molecule has 1 aromatic carbocycles. The van der Waals surface area contributed by atoms with Gasteiger partial charge in [0.15, 0.2) is 0 Å². The van der Waals surface area contributed by atoms with Crippen molar-refractivity contribution in [3.63, 3.8) is 0 Å². The number of morpholine rings is 1. The molecule has 2 rings (SSSR count). The molecule has 1 aliphatic heterocycles. The molecule has 0 spiro atoms. The van der Waals surface area contributed by atoms with Crippen LogP contribution in [0.4, 0.5) is 0 Å². The van der Waals surface area contributed by atoms with Crippen molar-refractivity contribution in [1.82, 2.24) is 4.90 Å². The van der Waals surface area contributed by atoms with E-state index in [1.165, 1.54) is 0 Å². The number of hydrogen-bond acceptors (Lipinski definition) is 2. The van der Waals surface area contributed by atoms with E-state index >= 15 is 0 Å². The smallest absolute Gasteiger partial charge is 0.225 e. The third-order valence-corrected chi connectivity index (χ3v) is 3.74. The van der Waals surface area contributed by atoms with Crippen molar-refractivity contribution >= 4 is 29.1 Å². The van der Waals surface area contributed by atoms with Gasteiger partial charge in [-0.25, -0.2) is 0 Å². The zero-order valence-corrected chi connectivity index (χ0v) is 12.5. The van der Waals surface area contributed by atoms with Crippen LogP contribution >= 0.6 is 23.2 Å². The molecule has 1 saturated heterocycles. The topological polar surface area (TPSA) is 29.5 Å². The normalized spacial score (nSPS) is 19.8. The summed E-state index contributed by atoms with van der Waals surface area (Å²) >= 11 is 12.1. The summed E-state index contributed by atoms with van der Waals surface area (Å²) in [6.45, 7) is 5.52. The average Bonchev–Trinajstić information content (AvgIpc) is 2.38. The van der Waals surface area contributed by atoms with Gasteiger partial charge in [-0.2, -0.15) is 0 Å². The molecule has 1 unspecified atom stereocenters. The maximum atomic E-state index is 12.0. The van der Waals surface area contributed by atoms with Crippen molar-refractivity contribution < 1.29 is 9.53 Å². The highest BCUT2D eigenvalue weighted by Crippen LogP contribution is 2.30. The number of carbonyl (C=O) groups excluding carboxylic acids is 1. The summed E-state index contributed by atoms with van der Waals surface area (Å²) in [5, 5.41) is 1.18. The van der Waals surface area contributed by atoms with E-state index in [4.69, 9.17) is 27.9 Å². The lowest BCUT2D eigenvalue weighted by Crippen LogP contribution is -2.44. The molecule has 5 heteroatoms. The molecule has 104 valence electrons. The van der Waals surface area contributed by atoms with E-state index in [1.807, 2.05) is 24.8 Å². The lowest BCUT2D eigenvalue weighted by atomic mass is 10.1. The van der Waals surface area contributed by atoms with Gasteiger partial charge < -0.3 is 9.64 Å². The van der Waals surface area contributed by atoms with Gasteiger partial charge in [-0.05, 0) is 12.1 Å². The van der Waals surface area contributed by atoms with Gasteiger partial charge in [-0.1, -0.05) is 43.1 Å². The Labute approximate surface area is 123 Å². The summed E-state index contributed by atoms with van der Waals surface area (Å²) in [6.07, 6.45) is -0.179. The average molecular weight is 302 g/mol. The highest BCUT2D eigenvalue weighted by Gasteiger charge is 2.27. The number of benzene rings is 1. The minimum atomic E-state index is -0.179. The summed E-state index contributed by atoms with van der Waals surface area (Å²) in [5.41, 5.74) is 0.882. The molecule has 3 nitrogen and oxygen atoms in total. The zero-order valence-electron chi connectivity index (χ0n) is 11.0. The van der Waals surface area contributed by atoms with Crippen LogP contribution in [0, 0.1) is 5.92 Å². The molecule has 19 heavy (non-hydrogen) atoms. The molecule has 1 heterocycles. The maximum Gasteiger partial charge on any atom is 0.225 e. The fourth-order valence-corrected chi connectivity index (χ4v) is 2.70. The first-order valence-electron chi connectivity index (χ1n) is 6.34. The fourth-order valence-electron chi connectivity index (χ4n) is 2.17. The Morgan fingerprint density at radius 1 is 1.42 bits per heavy atom. The van der Waals surface area contributed by atoms with Gasteiger partial charge in [-0.15, -0.1) is 0 Å². The largest absolute Gasteiger partial charge is 0.370 e. The first-order chi connectivity index (χ1) is 8.99. The highest BCUT2D eigenvalue weighted by molar-refractivity contribution is 6.35. The summed E-state index contributed by atoms with van der Waals surface area (Å²) in [4.78, 5) is 13.9. The number of rotatable bonds is 2. The van der Waals surface area contributed by atoms with Crippen molar-refractivity contribution in [2.45, 2.75) is 20.0 Å². The number of carbonyl (C=O) groups is 1. The van der Waals surface area contributed by atoms with Crippen LogP contribution in [0.2, 0.25) is 10.0 Å². The Hall–Kier alpha value is -0.770. The Balaban J connectivity index is 2.15. The van der Waals surface area contributed by atoms with Crippen LogP contribution in [-0.4, -0.2) is 30.5 Å². The van der Waals surface area contributed by atoms with Crippen molar-refractivity contribution in [1.29, 1.82) is 0 Å². The van der Waals surface area contributed by atoms with Crippen LogP contribution in [0.5, 0.6) is 0 Å². The summed E-state index contributed by atoms with van der Waals surface area (Å²) < 4.78 is 5.72. The molecule has 1 aromatic rings. The van der Waals surface area contributed by atoms with Crippen molar-refractivity contribution in [2.75, 3.05) is 19.7 Å². The predicted octanol–water partition coefficient (Wildman–Crippen LogP) is 3.55. The quantitative estimate of drug-likeness (QED) is 0.836. The summed E-state index contributed by atoms with van der Waals surface area (Å²) in [5.74, 6) is 0.151. The highest BCUT2D eigenvalue weighted by atomic mass is 35.5. The minimum Gasteiger partial charge on any atom is -0.370 e. The SMILES string of the molecule is CC(C)C(=O)N1CCOC(c2ccc(Cl)cc2Cl)C1. The zero-order chi connectivity index (χ0) is 14.0. The second-order valence-corrected chi connectivity index (χ2v) is 5.81. The molecule has 0 N–H and O–H groups in total. The number of nitrogens with zero attached hydrogens (tertiary/aromatic N) is 1. The van der Waals surface area contributed by atoms with Crippen molar-refractivity contribution in [3.05, 3.63) is 33.8 Å². The Kier molecular flexibility index (Phi) is 4.71. The Bertz CT molecular complexity index is 477. The second kappa shape index (κ2) is 6.12.